The van der Waals surface area contributed by atoms with Crippen molar-refractivity contribution in [2.24, 2.45) is 11.3 Å². The summed E-state index contributed by atoms with van der Waals surface area (Å²) in [6, 6.07) is 23.5. The number of aromatic nitrogens is 2. The summed E-state index contributed by atoms with van der Waals surface area (Å²) in [6.07, 6.45) is 4.97. The van der Waals surface area contributed by atoms with Crippen LogP contribution in [-0.4, -0.2) is 76.2 Å². The van der Waals surface area contributed by atoms with Crippen LogP contribution in [0.4, 0.5) is 10.9 Å². The van der Waals surface area contributed by atoms with Crippen molar-refractivity contribution in [3.8, 4) is 16.9 Å². The molecule has 2 N–H and O–H groups in total. The fraction of sp³-hybridized carbons (Fsp3) is 0.400. The van der Waals surface area contributed by atoms with Gasteiger partial charge in [0.05, 0.1) is 23.4 Å². The Kier molecular flexibility index (Phi) is 10.5. The maximum atomic E-state index is 13.9. The molecule has 3 aliphatic rings. The Morgan fingerprint density at radius 1 is 0.930 bits per heavy atom. The molecule has 296 valence electrons. The summed E-state index contributed by atoms with van der Waals surface area (Å²) < 4.78 is 13.4. The number of nitrogens with one attached hydrogen (secondary N) is 1. The van der Waals surface area contributed by atoms with Crippen molar-refractivity contribution >= 4 is 50.3 Å². The van der Waals surface area contributed by atoms with Crippen LogP contribution in [0.25, 0.3) is 21.3 Å². The predicted molar refractivity (Wildman–Crippen MR) is 222 cm³/mol. The number of hydrogen-bond donors (Lipinski definition) is 2. The number of fused-ring (bicyclic) bond motifs is 2. The molecule has 0 bridgehead atoms. The third-order valence-electron chi connectivity index (χ3n) is 11.6. The van der Waals surface area contributed by atoms with Crippen molar-refractivity contribution < 1.29 is 29.0 Å². The molecule has 2 aliphatic heterocycles. The SMILES string of the molecule is Cc1c(OCC2CC3(CCN(CC(=O)O)CC3)C2)cccc1-c1ccc(N2CCc3cccc(C(=O)Nc4nc5ccccc5s4)c3C2)nc1C(=O)OC(C)(C)C. The molecule has 5 aromatic rings. The quantitative estimate of drug-likeness (QED) is 0.133. The molecular formula is C45H49N5O6S. The lowest BCUT2D eigenvalue weighted by Crippen LogP contribution is -2.49. The van der Waals surface area contributed by atoms with E-state index in [9.17, 15) is 14.4 Å². The van der Waals surface area contributed by atoms with E-state index in [0.717, 1.165) is 77.0 Å². The minimum absolute atomic E-state index is 0.118. The maximum absolute atomic E-state index is 13.9. The molecule has 2 fully saturated rings. The first-order chi connectivity index (χ1) is 27.3. The van der Waals surface area contributed by atoms with E-state index in [1.54, 1.807) is 0 Å². The van der Waals surface area contributed by atoms with Gasteiger partial charge in [-0.2, -0.15) is 0 Å². The highest BCUT2D eigenvalue weighted by atomic mass is 32.1. The molecule has 0 radical (unpaired) electrons. The summed E-state index contributed by atoms with van der Waals surface area (Å²) in [4.78, 5) is 52.5. The lowest BCUT2D eigenvalue weighted by atomic mass is 9.58. The summed E-state index contributed by atoms with van der Waals surface area (Å²) in [5.41, 5.74) is 5.71. The Bertz CT molecular complexity index is 2300. The highest BCUT2D eigenvalue weighted by molar-refractivity contribution is 7.22. The molecular weight excluding hydrogens is 739 g/mol. The number of pyridine rings is 1. The van der Waals surface area contributed by atoms with Crippen LogP contribution in [0.1, 0.15) is 84.0 Å². The van der Waals surface area contributed by atoms with E-state index < -0.39 is 17.5 Å². The van der Waals surface area contributed by atoms with Crippen molar-refractivity contribution in [3.63, 3.8) is 0 Å². The van der Waals surface area contributed by atoms with Crippen LogP contribution in [0.3, 0.4) is 0 Å². The zero-order valence-electron chi connectivity index (χ0n) is 33.0. The molecule has 1 aliphatic carbocycles. The molecule has 57 heavy (non-hydrogen) atoms. The Morgan fingerprint density at radius 2 is 1.70 bits per heavy atom. The number of thiazole rings is 1. The molecule has 12 heteroatoms. The number of ether oxygens (including phenoxy) is 2. The Morgan fingerprint density at radius 3 is 2.46 bits per heavy atom. The largest absolute Gasteiger partial charge is 0.493 e. The number of piperidine rings is 1. The van der Waals surface area contributed by atoms with E-state index in [1.807, 2.05) is 99.3 Å². The van der Waals surface area contributed by atoms with E-state index in [0.29, 0.717) is 59.5 Å². The number of aliphatic carboxylic acids is 1. The number of nitrogens with zero attached hydrogens (tertiary/aromatic N) is 4. The molecule has 1 spiro atoms. The summed E-state index contributed by atoms with van der Waals surface area (Å²) in [7, 11) is 0. The highest BCUT2D eigenvalue weighted by Crippen LogP contribution is 2.52. The second kappa shape index (κ2) is 15.5. The van der Waals surface area contributed by atoms with E-state index in [1.165, 1.54) is 11.3 Å². The van der Waals surface area contributed by atoms with Crippen LogP contribution < -0.4 is 15.0 Å². The van der Waals surface area contributed by atoms with Gasteiger partial charge in [-0.05, 0) is 143 Å². The van der Waals surface area contributed by atoms with Crippen LogP contribution in [0, 0.1) is 18.3 Å². The third-order valence-corrected chi connectivity index (χ3v) is 12.5. The lowest BCUT2D eigenvalue weighted by Gasteiger charge is -2.52. The number of benzene rings is 3. The normalized spacial score (nSPS) is 16.9. The second-order valence-electron chi connectivity index (χ2n) is 16.8. The maximum Gasteiger partial charge on any atom is 0.358 e. The number of carbonyl (C=O) groups is 3. The van der Waals surface area contributed by atoms with Gasteiger partial charge in [-0.15, -0.1) is 0 Å². The van der Waals surface area contributed by atoms with Gasteiger partial charge in [0.2, 0.25) is 0 Å². The number of hydrogen-bond acceptors (Lipinski definition) is 10. The number of rotatable bonds is 10. The molecule has 2 aromatic heterocycles. The number of anilines is 2. The Balaban J connectivity index is 1.00. The third kappa shape index (κ3) is 8.38. The average Bonchev–Trinajstić information content (AvgIpc) is 3.58. The standard InChI is InChI=1S/C45H49N5O6S/c1-28-31(10-8-13-36(28)55-27-29-23-45(24-29)18-21-49(22-19-45)26-39(51)52)32-15-16-38(47-40(32)42(54)56-44(2,3)4)50-20-17-30-9-7-11-33(34(30)25-50)41(53)48-43-46-35-12-5-6-14-37(35)57-43/h5-16,29H,17-27H2,1-4H3,(H,51,52)(H,46,48,53). The van der Waals surface area contributed by atoms with Crippen LogP contribution in [0.15, 0.2) is 72.8 Å². The molecule has 0 unspecified atom stereocenters. The molecule has 4 heterocycles. The molecule has 8 rings (SSSR count). The van der Waals surface area contributed by atoms with Gasteiger partial charge in [-0.1, -0.05) is 47.7 Å². The van der Waals surface area contributed by atoms with Crippen LogP contribution >= 0.6 is 11.3 Å². The topological polar surface area (TPSA) is 134 Å². The van der Waals surface area contributed by atoms with Crippen molar-refractivity contribution in [2.75, 3.05) is 43.0 Å². The number of esters is 1. The zero-order valence-corrected chi connectivity index (χ0v) is 33.8. The summed E-state index contributed by atoms with van der Waals surface area (Å²) in [6.45, 7) is 11.1. The number of carboxylic acid groups (broad SMARTS) is 1. The molecule has 1 saturated carbocycles. The lowest BCUT2D eigenvalue weighted by molar-refractivity contribution is -0.139. The van der Waals surface area contributed by atoms with Gasteiger partial charge < -0.3 is 19.5 Å². The molecule has 1 amide bonds. The molecule has 0 atom stereocenters. The van der Waals surface area contributed by atoms with E-state index in [2.05, 4.69) is 21.3 Å². The van der Waals surface area contributed by atoms with E-state index >= 15 is 0 Å². The fourth-order valence-electron chi connectivity index (χ4n) is 8.74. The van der Waals surface area contributed by atoms with Crippen LogP contribution in [-0.2, 0) is 22.5 Å². The van der Waals surface area contributed by atoms with Crippen molar-refractivity contribution in [1.82, 2.24) is 14.9 Å². The average molecular weight is 788 g/mol. The first-order valence-corrected chi connectivity index (χ1v) is 20.6. The van der Waals surface area contributed by atoms with Crippen LogP contribution in [0.2, 0.25) is 0 Å². The zero-order chi connectivity index (χ0) is 39.9. The highest BCUT2D eigenvalue weighted by Gasteiger charge is 2.46. The molecule has 1 saturated heterocycles. The van der Waals surface area contributed by atoms with Crippen molar-refractivity contribution in [1.29, 1.82) is 0 Å². The van der Waals surface area contributed by atoms with Gasteiger partial charge >= 0.3 is 11.9 Å². The van der Waals surface area contributed by atoms with E-state index in [-0.39, 0.29) is 18.1 Å². The fourth-order valence-corrected chi connectivity index (χ4v) is 9.60. The van der Waals surface area contributed by atoms with Crippen LogP contribution in [0.5, 0.6) is 5.75 Å². The minimum atomic E-state index is -0.764. The molecule has 11 nitrogen and oxygen atoms in total. The van der Waals surface area contributed by atoms with Gasteiger partial charge in [0, 0.05) is 24.2 Å². The molecule has 3 aromatic carbocycles. The van der Waals surface area contributed by atoms with Crippen molar-refractivity contribution in [3.05, 3.63) is 101 Å². The summed E-state index contributed by atoms with van der Waals surface area (Å²) >= 11 is 1.45. The number of para-hydroxylation sites is 1. The number of carbonyl (C=O) groups excluding carboxylic acids is 2. The first-order valence-electron chi connectivity index (χ1n) is 19.8. The monoisotopic (exact) mass is 787 g/mol. The predicted octanol–water partition coefficient (Wildman–Crippen LogP) is 8.39. The smallest absolute Gasteiger partial charge is 0.358 e. The summed E-state index contributed by atoms with van der Waals surface area (Å²) in [5.74, 6) is 0.370. The van der Waals surface area contributed by atoms with Crippen molar-refractivity contribution in [2.45, 2.75) is 71.9 Å². The number of likely N-dealkylation sites (tertiary alicyclic amines) is 1. The van der Waals surface area contributed by atoms with E-state index in [4.69, 9.17) is 19.6 Å². The van der Waals surface area contributed by atoms with Gasteiger partial charge in [-0.25, -0.2) is 14.8 Å². The van der Waals surface area contributed by atoms with Gasteiger partial charge in [0.1, 0.15) is 17.2 Å². The van der Waals surface area contributed by atoms with Gasteiger partial charge in [0.15, 0.2) is 10.8 Å². The first kappa shape index (κ1) is 38.5. The summed E-state index contributed by atoms with van der Waals surface area (Å²) in [5, 5.41) is 12.7. The number of amides is 1. The van der Waals surface area contributed by atoms with Gasteiger partial charge in [-0.3, -0.25) is 19.8 Å². The van der Waals surface area contributed by atoms with Gasteiger partial charge in [0.25, 0.3) is 5.91 Å². The number of carboxylic acids is 1. The Hall–Kier alpha value is -5.33. The second-order valence-corrected chi connectivity index (χ2v) is 17.8. The Labute approximate surface area is 337 Å². The minimum Gasteiger partial charge on any atom is -0.493 e.